The zero-order chi connectivity index (χ0) is 13.9. The summed E-state index contributed by atoms with van der Waals surface area (Å²) in [5, 5.41) is 28.4. The van der Waals surface area contributed by atoms with E-state index >= 15 is 0 Å². The van der Waals surface area contributed by atoms with Crippen molar-refractivity contribution >= 4 is 27.6 Å². The zero-order valence-electron chi connectivity index (χ0n) is 8.95. The van der Waals surface area contributed by atoms with Crippen LogP contribution in [0.1, 0.15) is 6.42 Å². The monoisotopic (exact) mass is 320 g/mol. The molecule has 0 amide bonds. The van der Waals surface area contributed by atoms with Crippen molar-refractivity contribution in [2.45, 2.75) is 19.1 Å². The molecule has 0 spiro atoms. The molecule has 18 heavy (non-hydrogen) atoms. The number of pyridine rings is 1. The lowest BCUT2D eigenvalue weighted by Gasteiger charge is -2.10. The summed E-state index contributed by atoms with van der Waals surface area (Å²) < 4.78 is 0.870. The molecule has 0 saturated heterocycles. The molecule has 9 heteroatoms. The summed E-state index contributed by atoms with van der Waals surface area (Å²) >= 11 is 2.87. The van der Waals surface area contributed by atoms with Crippen LogP contribution in [0.2, 0.25) is 0 Å². The van der Waals surface area contributed by atoms with Gasteiger partial charge in [0.1, 0.15) is 0 Å². The molecule has 0 aliphatic heterocycles. The van der Waals surface area contributed by atoms with Crippen molar-refractivity contribution in [1.29, 1.82) is 0 Å². The van der Waals surface area contributed by atoms with E-state index in [0.717, 1.165) is 16.8 Å². The van der Waals surface area contributed by atoms with Gasteiger partial charge in [0.25, 0.3) is 11.2 Å². The highest BCUT2D eigenvalue weighted by atomic mass is 79.9. The van der Waals surface area contributed by atoms with Crippen LogP contribution in [0.15, 0.2) is 21.5 Å². The fourth-order valence-electron chi connectivity index (χ4n) is 1.31. The highest BCUT2D eigenvalue weighted by Crippen LogP contribution is 2.14. The van der Waals surface area contributed by atoms with Gasteiger partial charge in [-0.25, -0.2) is 0 Å². The van der Waals surface area contributed by atoms with Crippen molar-refractivity contribution < 1.29 is 19.9 Å². The van der Waals surface area contributed by atoms with Crippen LogP contribution in [0.4, 0.5) is 5.69 Å². The molecule has 2 N–H and O–H groups in total. The number of nitrogens with zero attached hydrogens (tertiary/aromatic N) is 2. The molecule has 8 nitrogen and oxygen atoms in total. The van der Waals surface area contributed by atoms with Gasteiger partial charge in [-0.3, -0.25) is 19.7 Å². The molecule has 0 fully saturated rings. The maximum atomic E-state index is 11.6. The lowest BCUT2D eigenvalue weighted by molar-refractivity contribution is -0.385. The highest BCUT2D eigenvalue weighted by Gasteiger charge is 2.16. The number of hydrogen-bond donors (Lipinski definition) is 2. The Morgan fingerprint density at radius 2 is 2.22 bits per heavy atom. The molecule has 0 saturated carbocycles. The van der Waals surface area contributed by atoms with Crippen molar-refractivity contribution in [2.24, 2.45) is 0 Å². The fraction of sp³-hybridized carbons (Fsp3) is 0.333. The topological polar surface area (TPSA) is 123 Å². The minimum absolute atomic E-state index is 0.0285. The van der Waals surface area contributed by atoms with E-state index in [1.54, 1.807) is 0 Å². The maximum Gasteiger partial charge on any atom is 0.306 e. The van der Waals surface area contributed by atoms with Crippen molar-refractivity contribution in [3.63, 3.8) is 0 Å². The summed E-state index contributed by atoms with van der Waals surface area (Å²) in [6.45, 7) is -0.328. The quantitative estimate of drug-likeness (QED) is 0.596. The van der Waals surface area contributed by atoms with Gasteiger partial charge in [0.2, 0.25) is 0 Å². The summed E-state index contributed by atoms with van der Waals surface area (Å²) in [5.74, 6) is -1.22. The largest absolute Gasteiger partial charge is 0.481 e. The number of carboxylic acid groups (broad SMARTS) is 1. The van der Waals surface area contributed by atoms with Gasteiger partial charge >= 0.3 is 5.97 Å². The third-order valence-electron chi connectivity index (χ3n) is 2.06. The van der Waals surface area contributed by atoms with Gasteiger partial charge in [-0.1, -0.05) is 0 Å². The van der Waals surface area contributed by atoms with Gasteiger partial charge in [0.05, 0.1) is 34.7 Å². The summed E-state index contributed by atoms with van der Waals surface area (Å²) in [6.07, 6.45) is -0.889. The smallest absolute Gasteiger partial charge is 0.306 e. The number of carboxylic acids is 1. The average Bonchev–Trinajstić information content (AvgIpc) is 2.22. The molecular weight excluding hydrogens is 312 g/mol. The number of carbonyl (C=O) groups is 1. The zero-order valence-corrected chi connectivity index (χ0v) is 10.5. The molecule has 1 atom stereocenters. The first-order valence-electron chi connectivity index (χ1n) is 4.75. The van der Waals surface area contributed by atoms with Gasteiger partial charge < -0.3 is 14.8 Å². The Hall–Kier alpha value is -1.74. The lowest BCUT2D eigenvalue weighted by Crippen LogP contribution is -2.28. The standard InChI is InChI=1S/C9H9BrN2O6/c10-7-1-5(12(17)18)3-11(9(7)16)4-6(13)2-8(14)15/h1,3,6,13H,2,4H2,(H,14,15). The molecule has 0 radical (unpaired) electrons. The Bertz CT molecular complexity index is 540. The van der Waals surface area contributed by atoms with Crippen LogP contribution in [-0.4, -0.2) is 31.8 Å². The molecule has 1 aromatic heterocycles. The van der Waals surface area contributed by atoms with Crippen LogP contribution in [-0.2, 0) is 11.3 Å². The van der Waals surface area contributed by atoms with E-state index in [1.165, 1.54) is 0 Å². The number of aliphatic carboxylic acids is 1. The SMILES string of the molecule is O=C(O)CC(O)Cn1cc([N+](=O)[O-])cc(Br)c1=O. The Labute approximate surface area is 109 Å². The van der Waals surface area contributed by atoms with E-state index in [2.05, 4.69) is 15.9 Å². The average molecular weight is 321 g/mol. The molecular formula is C9H9BrN2O6. The fourth-order valence-corrected chi connectivity index (χ4v) is 1.78. The number of aliphatic hydroxyl groups is 1. The second kappa shape index (κ2) is 5.74. The van der Waals surface area contributed by atoms with Crippen LogP contribution in [0.25, 0.3) is 0 Å². The lowest BCUT2D eigenvalue weighted by atomic mass is 10.2. The molecule has 1 rings (SSSR count). The molecule has 1 aromatic rings. The Morgan fingerprint density at radius 3 is 2.72 bits per heavy atom. The number of hydrogen-bond acceptors (Lipinski definition) is 5. The van der Waals surface area contributed by atoms with Gasteiger partial charge in [-0.15, -0.1) is 0 Å². The molecule has 0 aliphatic carbocycles. The van der Waals surface area contributed by atoms with Crippen LogP contribution >= 0.6 is 15.9 Å². The molecule has 0 aliphatic rings. The Kier molecular flexibility index (Phi) is 4.56. The minimum atomic E-state index is -1.30. The highest BCUT2D eigenvalue weighted by molar-refractivity contribution is 9.10. The molecule has 0 bridgehead atoms. The van der Waals surface area contributed by atoms with Gasteiger partial charge in [0.15, 0.2) is 0 Å². The van der Waals surface area contributed by atoms with E-state index in [1.807, 2.05) is 0 Å². The summed E-state index contributed by atoms with van der Waals surface area (Å²) in [5.41, 5.74) is -0.908. The number of rotatable bonds is 5. The first kappa shape index (κ1) is 14.3. The number of halogens is 1. The van der Waals surface area contributed by atoms with Crippen LogP contribution in [0.5, 0.6) is 0 Å². The molecule has 1 unspecified atom stereocenters. The van der Waals surface area contributed by atoms with Crippen molar-refractivity contribution in [3.05, 3.63) is 37.2 Å². The van der Waals surface area contributed by atoms with E-state index < -0.39 is 29.0 Å². The summed E-state index contributed by atoms with van der Waals surface area (Å²) in [4.78, 5) is 31.9. The van der Waals surface area contributed by atoms with E-state index in [-0.39, 0.29) is 16.7 Å². The third-order valence-corrected chi connectivity index (χ3v) is 2.62. The summed E-state index contributed by atoms with van der Waals surface area (Å²) in [6, 6.07) is 1.04. The first-order chi connectivity index (χ1) is 8.31. The number of aliphatic hydroxyl groups excluding tert-OH is 1. The predicted molar refractivity (Wildman–Crippen MR) is 63.3 cm³/mol. The summed E-state index contributed by atoms with van der Waals surface area (Å²) in [7, 11) is 0. The number of nitro groups is 1. The second-order valence-corrected chi connectivity index (χ2v) is 4.37. The van der Waals surface area contributed by atoms with Gasteiger partial charge in [-0.2, -0.15) is 0 Å². The Balaban J connectivity index is 3.04. The molecule has 0 aromatic carbocycles. The number of aromatic nitrogens is 1. The molecule has 1 heterocycles. The van der Waals surface area contributed by atoms with Crippen LogP contribution in [0, 0.1) is 10.1 Å². The maximum absolute atomic E-state index is 11.6. The van der Waals surface area contributed by atoms with E-state index in [0.29, 0.717) is 0 Å². The van der Waals surface area contributed by atoms with Crippen LogP contribution < -0.4 is 5.56 Å². The van der Waals surface area contributed by atoms with E-state index in [4.69, 9.17) is 5.11 Å². The van der Waals surface area contributed by atoms with E-state index in [9.17, 15) is 24.8 Å². The second-order valence-electron chi connectivity index (χ2n) is 3.51. The molecule has 98 valence electrons. The first-order valence-corrected chi connectivity index (χ1v) is 5.54. The van der Waals surface area contributed by atoms with Gasteiger partial charge in [0, 0.05) is 6.07 Å². The predicted octanol–water partition coefficient (Wildman–Crippen LogP) is 0.355. The van der Waals surface area contributed by atoms with Crippen LogP contribution in [0.3, 0.4) is 0 Å². The normalized spacial score (nSPS) is 12.1. The van der Waals surface area contributed by atoms with Crippen molar-refractivity contribution in [2.75, 3.05) is 0 Å². The van der Waals surface area contributed by atoms with Gasteiger partial charge in [-0.05, 0) is 15.9 Å². The van der Waals surface area contributed by atoms with Crippen molar-refractivity contribution in [1.82, 2.24) is 4.57 Å². The van der Waals surface area contributed by atoms with Crippen molar-refractivity contribution in [3.8, 4) is 0 Å². The third kappa shape index (κ3) is 3.64. The minimum Gasteiger partial charge on any atom is -0.481 e. The Morgan fingerprint density at radius 1 is 1.61 bits per heavy atom.